The summed E-state index contributed by atoms with van der Waals surface area (Å²) in [6.45, 7) is 2.75. The SMILES string of the molecule is O=C(C1CCOCC1)N1C[C@H]2C[C@@H](Nc3nnc(Cl)cc3C3(C(F)(F)F)CC3)C[C@H]2C1. The molecule has 5 rings (SSSR count). The summed E-state index contributed by atoms with van der Waals surface area (Å²) in [6.07, 6.45) is -1.05. The van der Waals surface area contributed by atoms with Gasteiger partial charge in [-0.1, -0.05) is 11.6 Å². The lowest BCUT2D eigenvalue weighted by molar-refractivity contribution is -0.160. The molecule has 3 heterocycles. The number of nitrogens with zero attached hydrogens (tertiary/aromatic N) is 3. The van der Waals surface area contributed by atoms with Crippen molar-refractivity contribution in [2.45, 2.75) is 56.2 Å². The van der Waals surface area contributed by atoms with Gasteiger partial charge in [0, 0.05) is 43.8 Å². The van der Waals surface area contributed by atoms with E-state index in [-0.39, 0.29) is 47.2 Å². The lowest BCUT2D eigenvalue weighted by atomic mass is 9.96. The molecule has 10 heteroatoms. The molecule has 1 aromatic rings. The van der Waals surface area contributed by atoms with Gasteiger partial charge in [0.05, 0.1) is 5.41 Å². The van der Waals surface area contributed by atoms with Crippen LogP contribution in [0, 0.1) is 17.8 Å². The van der Waals surface area contributed by atoms with Gasteiger partial charge in [0.2, 0.25) is 5.91 Å². The Hall–Kier alpha value is -1.61. The number of nitrogens with one attached hydrogen (secondary N) is 1. The van der Waals surface area contributed by atoms with Gasteiger partial charge in [0.15, 0.2) is 11.0 Å². The van der Waals surface area contributed by atoms with E-state index in [1.807, 2.05) is 4.90 Å². The third-order valence-corrected chi connectivity index (χ3v) is 7.73. The van der Waals surface area contributed by atoms with E-state index in [1.165, 1.54) is 6.07 Å². The Kier molecular flexibility index (Phi) is 5.32. The predicted octanol–water partition coefficient (Wildman–Crippen LogP) is 3.80. The second-order valence-corrected chi connectivity index (χ2v) is 9.86. The van der Waals surface area contributed by atoms with E-state index in [0.29, 0.717) is 25.0 Å². The van der Waals surface area contributed by atoms with Crippen molar-refractivity contribution in [1.82, 2.24) is 15.1 Å². The average Bonchev–Trinajstić information content (AvgIpc) is 3.35. The topological polar surface area (TPSA) is 67.3 Å². The van der Waals surface area contributed by atoms with Crippen LogP contribution in [-0.2, 0) is 14.9 Å². The third kappa shape index (κ3) is 3.88. The molecule has 170 valence electrons. The van der Waals surface area contributed by atoms with E-state index in [2.05, 4.69) is 15.5 Å². The van der Waals surface area contributed by atoms with Crippen LogP contribution < -0.4 is 5.32 Å². The number of fused-ring (bicyclic) bond motifs is 1. The van der Waals surface area contributed by atoms with E-state index in [9.17, 15) is 18.0 Å². The number of hydrogen-bond donors (Lipinski definition) is 1. The Labute approximate surface area is 183 Å². The lowest BCUT2D eigenvalue weighted by Gasteiger charge is -2.27. The number of anilines is 1. The summed E-state index contributed by atoms with van der Waals surface area (Å²) >= 11 is 5.89. The van der Waals surface area contributed by atoms with Crippen LogP contribution in [0.25, 0.3) is 0 Å². The zero-order valence-corrected chi connectivity index (χ0v) is 17.9. The molecule has 2 saturated heterocycles. The van der Waals surface area contributed by atoms with Crippen molar-refractivity contribution in [2.75, 3.05) is 31.6 Å². The maximum Gasteiger partial charge on any atom is 0.398 e. The van der Waals surface area contributed by atoms with Gasteiger partial charge in [-0.05, 0) is 56.4 Å². The van der Waals surface area contributed by atoms with Gasteiger partial charge in [-0.15, -0.1) is 10.2 Å². The molecule has 2 aliphatic carbocycles. The van der Waals surface area contributed by atoms with Crippen LogP contribution in [0.4, 0.5) is 19.0 Å². The van der Waals surface area contributed by atoms with Crippen LogP contribution in [0.15, 0.2) is 6.07 Å². The monoisotopic (exact) mass is 458 g/mol. The van der Waals surface area contributed by atoms with Crippen LogP contribution in [0.3, 0.4) is 0 Å². The standard InChI is InChI=1S/C21H26ClF3N4O2/c22-17-9-16(20(3-4-20)21(23,24)25)18(28-27-17)26-15-7-13-10-29(11-14(13)8-15)19(30)12-1-5-31-6-2-12/h9,12-15H,1-8,10-11H2,(H,26,28)/t13-,14+,15-. The highest BCUT2D eigenvalue weighted by molar-refractivity contribution is 6.29. The zero-order valence-electron chi connectivity index (χ0n) is 17.1. The van der Waals surface area contributed by atoms with E-state index in [1.54, 1.807) is 0 Å². The van der Waals surface area contributed by atoms with Crippen LogP contribution in [0.2, 0.25) is 5.15 Å². The van der Waals surface area contributed by atoms with Crippen molar-refractivity contribution >= 4 is 23.3 Å². The molecular weight excluding hydrogens is 433 g/mol. The fourth-order valence-corrected chi connectivity index (χ4v) is 5.81. The van der Waals surface area contributed by atoms with E-state index >= 15 is 0 Å². The van der Waals surface area contributed by atoms with Crippen LogP contribution >= 0.6 is 11.6 Å². The molecule has 31 heavy (non-hydrogen) atoms. The number of alkyl halides is 3. The molecule has 1 aromatic heterocycles. The summed E-state index contributed by atoms with van der Waals surface area (Å²) in [5, 5.41) is 11.0. The molecular formula is C21H26ClF3N4O2. The minimum atomic E-state index is -4.34. The van der Waals surface area contributed by atoms with Gasteiger partial charge in [-0.2, -0.15) is 13.2 Å². The molecule has 0 bridgehead atoms. The van der Waals surface area contributed by atoms with Crippen molar-refractivity contribution in [3.63, 3.8) is 0 Å². The highest BCUT2D eigenvalue weighted by atomic mass is 35.5. The molecule has 0 aromatic carbocycles. The van der Waals surface area contributed by atoms with Crippen molar-refractivity contribution < 1.29 is 22.7 Å². The molecule has 0 unspecified atom stereocenters. The Morgan fingerprint density at radius 1 is 1.16 bits per heavy atom. The normalized spacial score (nSPS) is 30.3. The molecule has 0 spiro atoms. The Balaban J connectivity index is 1.24. The number of hydrogen-bond acceptors (Lipinski definition) is 5. The highest BCUT2D eigenvalue weighted by Crippen LogP contribution is 2.60. The van der Waals surface area contributed by atoms with E-state index in [4.69, 9.17) is 16.3 Å². The molecule has 2 aliphatic heterocycles. The predicted molar refractivity (Wildman–Crippen MR) is 108 cm³/mol. The minimum Gasteiger partial charge on any atom is -0.381 e. The second-order valence-electron chi connectivity index (χ2n) is 9.47. The maximum absolute atomic E-state index is 13.7. The first-order chi connectivity index (χ1) is 14.8. The van der Waals surface area contributed by atoms with Gasteiger partial charge < -0.3 is 15.0 Å². The number of halogens is 4. The van der Waals surface area contributed by atoms with Crippen molar-refractivity contribution in [3.8, 4) is 0 Å². The first-order valence-electron chi connectivity index (χ1n) is 11.0. The van der Waals surface area contributed by atoms with E-state index in [0.717, 1.165) is 38.8 Å². The third-order valence-electron chi connectivity index (χ3n) is 7.55. The average molecular weight is 459 g/mol. The molecule has 1 amide bonds. The second kappa shape index (κ2) is 7.76. The van der Waals surface area contributed by atoms with Crippen molar-refractivity contribution in [1.29, 1.82) is 0 Å². The van der Waals surface area contributed by atoms with Gasteiger partial charge in [-0.25, -0.2) is 0 Å². The molecule has 4 fully saturated rings. The molecule has 3 atom stereocenters. The molecule has 0 radical (unpaired) electrons. The number of carbonyl (C=O) groups excluding carboxylic acids is 1. The fourth-order valence-electron chi connectivity index (χ4n) is 5.66. The Morgan fingerprint density at radius 3 is 2.39 bits per heavy atom. The summed E-state index contributed by atoms with van der Waals surface area (Å²) in [5.74, 6) is 1.21. The summed E-state index contributed by atoms with van der Waals surface area (Å²) in [6, 6.07) is 1.33. The number of rotatable bonds is 4. The summed E-state index contributed by atoms with van der Waals surface area (Å²) in [7, 11) is 0. The summed E-state index contributed by atoms with van der Waals surface area (Å²) < 4.78 is 46.5. The largest absolute Gasteiger partial charge is 0.398 e. The van der Waals surface area contributed by atoms with Gasteiger partial charge >= 0.3 is 6.18 Å². The lowest BCUT2D eigenvalue weighted by Crippen LogP contribution is -2.38. The number of carbonyl (C=O) groups is 1. The fraction of sp³-hybridized carbons (Fsp3) is 0.762. The molecule has 2 saturated carbocycles. The summed E-state index contributed by atoms with van der Waals surface area (Å²) in [4.78, 5) is 14.8. The first-order valence-corrected chi connectivity index (χ1v) is 11.4. The van der Waals surface area contributed by atoms with Gasteiger partial charge in [-0.3, -0.25) is 4.79 Å². The highest BCUT2D eigenvalue weighted by Gasteiger charge is 2.65. The molecule has 1 N–H and O–H groups in total. The zero-order chi connectivity index (χ0) is 21.8. The molecule has 6 nitrogen and oxygen atoms in total. The first kappa shape index (κ1) is 21.2. The van der Waals surface area contributed by atoms with Crippen molar-refractivity contribution in [2.24, 2.45) is 17.8 Å². The smallest absolute Gasteiger partial charge is 0.381 e. The minimum absolute atomic E-state index is 0.0218. The Bertz CT molecular complexity index is 844. The molecule has 4 aliphatic rings. The summed E-state index contributed by atoms with van der Waals surface area (Å²) in [5.41, 5.74) is -1.76. The number of likely N-dealkylation sites (tertiary alicyclic amines) is 1. The maximum atomic E-state index is 13.7. The van der Waals surface area contributed by atoms with Crippen LogP contribution in [-0.4, -0.2) is 59.5 Å². The van der Waals surface area contributed by atoms with Crippen molar-refractivity contribution in [3.05, 3.63) is 16.8 Å². The van der Waals surface area contributed by atoms with Gasteiger partial charge in [0.1, 0.15) is 0 Å². The number of aromatic nitrogens is 2. The van der Waals surface area contributed by atoms with E-state index < -0.39 is 11.6 Å². The van der Waals surface area contributed by atoms with Gasteiger partial charge in [0.25, 0.3) is 0 Å². The van der Waals surface area contributed by atoms with Crippen LogP contribution in [0.1, 0.15) is 44.1 Å². The number of ether oxygens (including phenoxy) is 1. The number of amides is 1. The van der Waals surface area contributed by atoms with Crippen LogP contribution in [0.5, 0.6) is 0 Å². The Morgan fingerprint density at radius 2 is 1.81 bits per heavy atom. The quantitative estimate of drug-likeness (QED) is 0.743.